The van der Waals surface area contributed by atoms with Crippen molar-refractivity contribution in [2.24, 2.45) is 0 Å². The maximum Gasteiger partial charge on any atom is 0.185 e. The first-order valence-electron chi connectivity index (χ1n) is 10.4. The van der Waals surface area contributed by atoms with Crippen LogP contribution in [0.5, 0.6) is 0 Å². The van der Waals surface area contributed by atoms with Crippen molar-refractivity contribution in [3.05, 3.63) is 0 Å². The van der Waals surface area contributed by atoms with E-state index in [1.807, 2.05) is 0 Å². The zero-order chi connectivity index (χ0) is 17.6. The molecule has 0 bridgehead atoms. The van der Waals surface area contributed by atoms with Gasteiger partial charge in [-0.25, -0.2) is 0 Å². The van der Waals surface area contributed by atoms with E-state index >= 15 is 0 Å². The number of hydrogen-bond acceptors (Lipinski definition) is 1. The van der Waals surface area contributed by atoms with Crippen molar-refractivity contribution in [3.8, 4) is 0 Å². The highest BCUT2D eigenvalue weighted by molar-refractivity contribution is 7.96. The lowest BCUT2D eigenvalue weighted by molar-refractivity contribution is -0.110. The highest BCUT2D eigenvalue weighted by Gasteiger charge is 1.93. The zero-order valence-corrected chi connectivity index (χ0v) is 17.3. The van der Waals surface area contributed by atoms with Gasteiger partial charge >= 0.3 is 0 Å². The van der Waals surface area contributed by atoms with Gasteiger partial charge in [-0.15, -0.1) is 12.6 Å². The fourth-order valence-corrected chi connectivity index (χ4v) is 2.62. The van der Waals surface area contributed by atoms with Gasteiger partial charge in [-0.05, 0) is 0 Å². The van der Waals surface area contributed by atoms with Crippen LogP contribution >= 0.6 is 12.6 Å². The van der Waals surface area contributed by atoms with Gasteiger partial charge in [0.15, 0.2) is 5.12 Å². The molecule has 0 fully saturated rings. The Labute approximate surface area is 152 Å². The van der Waals surface area contributed by atoms with Gasteiger partial charge in [0.2, 0.25) is 0 Å². The molecule has 23 heavy (non-hydrogen) atoms. The van der Waals surface area contributed by atoms with Gasteiger partial charge in [0.05, 0.1) is 0 Å². The molecule has 0 aromatic heterocycles. The first kappa shape index (κ1) is 25.3. The van der Waals surface area contributed by atoms with Crippen molar-refractivity contribution in [2.45, 2.75) is 130 Å². The number of rotatable bonds is 16. The molecule has 0 spiro atoms. The average molecular weight is 345 g/mol. The normalized spacial score (nSPS) is 10.3. The molecule has 0 N–H and O–H groups in total. The van der Waals surface area contributed by atoms with Gasteiger partial charge < -0.3 is 0 Å². The van der Waals surface area contributed by atoms with Gasteiger partial charge in [0.25, 0.3) is 0 Å². The second-order valence-corrected chi connectivity index (χ2v) is 7.20. The first-order chi connectivity index (χ1) is 11.2. The molecule has 0 rings (SSSR count). The van der Waals surface area contributed by atoms with E-state index < -0.39 is 0 Å². The lowest BCUT2D eigenvalue weighted by Crippen LogP contribution is -1.83. The summed E-state index contributed by atoms with van der Waals surface area (Å²) in [6.07, 6.45) is 23.9. The van der Waals surface area contributed by atoms with Crippen molar-refractivity contribution in [1.29, 1.82) is 0 Å². The largest absolute Gasteiger partial charge is 0.288 e. The molecule has 0 saturated heterocycles. The highest BCUT2D eigenvalue weighted by Crippen LogP contribution is 2.13. The van der Waals surface area contributed by atoms with Crippen LogP contribution in [0, 0.1) is 0 Å². The molecule has 0 aliphatic rings. The molecule has 0 aliphatic carbocycles. The number of carbonyl (C=O) groups is 1. The fraction of sp³-hybridized carbons (Fsp3) is 0.952. The Kier molecular flexibility index (Phi) is 26.7. The van der Waals surface area contributed by atoms with E-state index in [1.54, 1.807) is 6.92 Å². The van der Waals surface area contributed by atoms with Crippen LogP contribution in [0.4, 0.5) is 0 Å². The minimum absolute atomic E-state index is 0.0509. The standard InChI is InChI=1S/C18H38.C3H6OS/c1-3-5-7-9-11-13-15-17-18-16-14-12-10-8-6-4-2;1-2-3(4)5/h3-18H2,1-2H3;2H2,1H3,(H,4,5). The van der Waals surface area contributed by atoms with Gasteiger partial charge in [-0.3, -0.25) is 4.79 Å². The minimum Gasteiger partial charge on any atom is -0.288 e. The smallest absolute Gasteiger partial charge is 0.185 e. The van der Waals surface area contributed by atoms with E-state index in [4.69, 9.17) is 0 Å². The lowest BCUT2D eigenvalue weighted by atomic mass is 10.0. The summed E-state index contributed by atoms with van der Waals surface area (Å²) in [5, 5.41) is -0.0509. The van der Waals surface area contributed by atoms with Crippen LogP contribution in [0.15, 0.2) is 0 Å². The second-order valence-electron chi connectivity index (χ2n) is 6.70. The SMILES string of the molecule is CCC(=O)S.CCCCCCCCCCCCCCCCCC. The second kappa shape index (κ2) is 24.3. The average Bonchev–Trinajstić information content (AvgIpc) is 2.55. The topological polar surface area (TPSA) is 17.1 Å². The zero-order valence-electron chi connectivity index (χ0n) is 16.4. The maximum atomic E-state index is 9.68. The van der Waals surface area contributed by atoms with Crippen LogP contribution in [-0.2, 0) is 4.79 Å². The molecule has 0 aromatic carbocycles. The lowest BCUT2D eigenvalue weighted by Gasteiger charge is -2.03. The van der Waals surface area contributed by atoms with Crippen molar-refractivity contribution in [2.75, 3.05) is 0 Å². The third kappa shape index (κ3) is 30.5. The Balaban J connectivity index is 0. The summed E-state index contributed by atoms with van der Waals surface area (Å²) in [6.45, 7) is 6.36. The molecule has 0 saturated carbocycles. The Morgan fingerprint density at radius 1 is 0.522 bits per heavy atom. The molecule has 0 aromatic rings. The third-order valence-corrected chi connectivity index (χ3v) is 4.58. The number of thiol groups is 1. The third-order valence-electron chi connectivity index (χ3n) is 4.26. The number of unbranched alkanes of at least 4 members (excludes halogenated alkanes) is 15. The van der Waals surface area contributed by atoms with E-state index in [0.717, 1.165) is 0 Å². The Hall–Kier alpha value is 0.0200. The van der Waals surface area contributed by atoms with Gasteiger partial charge in [-0.2, -0.15) is 0 Å². The van der Waals surface area contributed by atoms with Crippen LogP contribution in [-0.4, -0.2) is 5.12 Å². The monoisotopic (exact) mass is 344 g/mol. The molecular weight excluding hydrogens is 300 g/mol. The molecule has 0 unspecified atom stereocenters. The number of carbonyl (C=O) groups excluding carboxylic acids is 1. The molecule has 140 valence electrons. The molecule has 0 heterocycles. The quantitative estimate of drug-likeness (QED) is 0.221. The van der Waals surface area contributed by atoms with Crippen molar-refractivity contribution in [1.82, 2.24) is 0 Å². The summed E-state index contributed by atoms with van der Waals surface area (Å²) < 4.78 is 0. The Morgan fingerprint density at radius 2 is 0.696 bits per heavy atom. The predicted molar refractivity (Wildman–Crippen MR) is 110 cm³/mol. The summed E-state index contributed by atoms with van der Waals surface area (Å²) in [5.41, 5.74) is 0. The van der Waals surface area contributed by atoms with E-state index in [-0.39, 0.29) is 5.12 Å². The Morgan fingerprint density at radius 3 is 0.826 bits per heavy atom. The Bertz CT molecular complexity index is 200. The molecule has 1 nitrogen and oxygen atoms in total. The van der Waals surface area contributed by atoms with E-state index in [2.05, 4.69) is 26.5 Å². The molecule has 0 amide bonds. The van der Waals surface area contributed by atoms with Crippen LogP contribution in [0.3, 0.4) is 0 Å². The van der Waals surface area contributed by atoms with Crippen molar-refractivity contribution >= 4 is 17.7 Å². The van der Waals surface area contributed by atoms with E-state index in [9.17, 15) is 4.79 Å². The predicted octanol–water partition coefficient (Wildman–Crippen LogP) is 8.12. The summed E-state index contributed by atoms with van der Waals surface area (Å²) >= 11 is 3.46. The van der Waals surface area contributed by atoms with E-state index in [1.165, 1.54) is 103 Å². The molecule has 0 atom stereocenters. The molecule has 0 radical (unpaired) electrons. The summed E-state index contributed by atoms with van der Waals surface area (Å²) in [4.78, 5) is 9.68. The maximum absolute atomic E-state index is 9.68. The van der Waals surface area contributed by atoms with Crippen molar-refractivity contribution < 1.29 is 4.79 Å². The first-order valence-corrected chi connectivity index (χ1v) is 10.8. The summed E-state index contributed by atoms with van der Waals surface area (Å²) in [6, 6.07) is 0. The van der Waals surface area contributed by atoms with Crippen LogP contribution in [0.2, 0.25) is 0 Å². The summed E-state index contributed by atoms with van der Waals surface area (Å²) in [5.74, 6) is 0. The number of hydrogen-bond donors (Lipinski definition) is 1. The highest BCUT2D eigenvalue weighted by atomic mass is 32.1. The van der Waals surface area contributed by atoms with Gasteiger partial charge in [0.1, 0.15) is 0 Å². The molecule has 0 aliphatic heterocycles. The van der Waals surface area contributed by atoms with Crippen LogP contribution in [0.1, 0.15) is 130 Å². The fourth-order valence-electron chi connectivity index (χ4n) is 2.62. The molecule has 2 heteroatoms. The van der Waals surface area contributed by atoms with Crippen LogP contribution in [0.25, 0.3) is 0 Å². The molecular formula is C21H44OS. The summed E-state index contributed by atoms with van der Waals surface area (Å²) in [7, 11) is 0. The van der Waals surface area contributed by atoms with Crippen LogP contribution < -0.4 is 0 Å². The van der Waals surface area contributed by atoms with Crippen molar-refractivity contribution in [3.63, 3.8) is 0 Å². The van der Waals surface area contributed by atoms with E-state index in [0.29, 0.717) is 6.42 Å². The van der Waals surface area contributed by atoms with Gasteiger partial charge in [-0.1, -0.05) is 124 Å². The van der Waals surface area contributed by atoms with Gasteiger partial charge in [0, 0.05) is 6.42 Å². The minimum atomic E-state index is -0.0509.